The highest BCUT2D eigenvalue weighted by molar-refractivity contribution is 5.83. The molecule has 1 fully saturated rings. The molecular formula is C32H30O5. The fourth-order valence-corrected chi connectivity index (χ4v) is 4.62. The van der Waals surface area contributed by atoms with Gasteiger partial charge in [0.2, 0.25) is 0 Å². The van der Waals surface area contributed by atoms with Gasteiger partial charge in [0.15, 0.2) is 6.29 Å². The Hall–Kier alpha value is -3.93. The van der Waals surface area contributed by atoms with Gasteiger partial charge >= 0.3 is 5.97 Å². The van der Waals surface area contributed by atoms with Crippen molar-refractivity contribution >= 4 is 16.7 Å². The number of benzene rings is 4. The molecule has 0 aromatic heterocycles. The van der Waals surface area contributed by atoms with E-state index in [4.69, 9.17) is 14.2 Å². The van der Waals surface area contributed by atoms with Gasteiger partial charge in [0, 0.05) is 23.5 Å². The smallest absolute Gasteiger partial charge is 0.311 e. The van der Waals surface area contributed by atoms with Crippen molar-refractivity contribution in [1.29, 1.82) is 0 Å². The Morgan fingerprint density at radius 2 is 1.65 bits per heavy atom. The van der Waals surface area contributed by atoms with Crippen LogP contribution in [0.3, 0.4) is 0 Å². The van der Waals surface area contributed by atoms with E-state index in [1.54, 1.807) is 18.2 Å². The molecule has 5 nitrogen and oxygen atoms in total. The van der Waals surface area contributed by atoms with Crippen LogP contribution < -0.4 is 4.74 Å². The van der Waals surface area contributed by atoms with Gasteiger partial charge in [0.1, 0.15) is 11.5 Å². The van der Waals surface area contributed by atoms with Crippen molar-refractivity contribution in [2.45, 2.75) is 31.7 Å². The average molecular weight is 495 g/mol. The maximum absolute atomic E-state index is 12.1. The number of carbonyl (C=O) groups is 1. The third kappa shape index (κ3) is 6.26. The number of phenols is 1. The monoisotopic (exact) mass is 494 g/mol. The molecule has 1 aliphatic rings. The van der Waals surface area contributed by atoms with Crippen molar-refractivity contribution in [3.05, 3.63) is 120 Å². The average Bonchev–Trinajstić information content (AvgIpc) is 2.93. The normalized spacial score (nSPS) is 19.7. The van der Waals surface area contributed by atoms with Crippen LogP contribution in [-0.2, 0) is 14.3 Å². The summed E-state index contributed by atoms with van der Waals surface area (Å²) in [6.07, 6.45) is 4.76. The maximum Gasteiger partial charge on any atom is 0.311 e. The van der Waals surface area contributed by atoms with E-state index in [9.17, 15) is 9.90 Å². The van der Waals surface area contributed by atoms with Gasteiger partial charge in [-0.1, -0.05) is 84.9 Å². The Labute approximate surface area is 216 Å². The molecule has 1 aliphatic heterocycles. The first-order valence-corrected chi connectivity index (χ1v) is 12.6. The van der Waals surface area contributed by atoms with Crippen molar-refractivity contribution in [1.82, 2.24) is 0 Å². The van der Waals surface area contributed by atoms with Crippen molar-refractivity contribution in [3.63, 3.8) is 0 Å². The molecule has 0 radical (unpaired) electrons. The van der Waals surface area contributed by atoms with Crippen LogP contribution in [0.2, 0.25) is 0 Å². The molecule has 0 unspecified atom stereocenters. The lowest BCUT2D eigenvalue weighted by Crippen LogP contribution is -2.30. The first-order valence-electron chi connectivity index (χ1n) is 12.6. The summed E-state index contributed by atoms with van der Waals surface area (Å²) in [4.78, 5) is 12.1. The van der Waals surface area contributed by atoms with Crippen LogP contribution in [0, 0.1) is 5.92 Å². The van der Waals surface area contributed by atoms with Gasteiger partial charge in [-0.25, -0.2) is 0 Å². The minimum atomic E-state index is -0.526. The predicted octanol–water partition coefficient (Wildman–Crippen LogP) is 7.28. The molecule has 0 bridgehead atoms. The number of allylic oxidation sites excluding steroid dienone is 2. The molecule has 37 heavy (non-hydrogen) atoms. The highest BCUT2D eigenvalue weighted by Gasteiger charge is 2.34. The Morgan fingerprint density at radius 1 is 0.892 bits per heavy atom. The highest BCUT2D eigenvalue weighted by atomic mass is 16.7. The maximum atomic E-state index is 12.1. The summed E-state index contributed by atoms with van der Waals surface area (Å²) in [5.41, 5.74) is 1.70. The Bertz CT molecular complexity index is 1360. The van der Waals surface area contributed by atoms with E-state index in [0.717, 1.165) is 21.9 Å². The van der Waals surface area contributed by atoms with Crippen LogP contribution in [0.25, 0.3) is 10.8 Å². The number of aromatic hydroxyl groups is 1. The summed E-state index contributed by atoms with van der Waals surface area (Å²) < 4.78 is 18.0. The lowest BCUT2D eigenvalue weighted by molar-refractivity contribution is -0.244. The van der Waals surface area contributed by atoms with Gasteiger partial charge in [0.25, 0.3) is 0 Å². The minimum absolute atomic E-state index is 0.0116. The number of hydrogen-bond donors (Lipinski definition) is 1. The quantitative estimate of drug-likeness (QED) is 0.158. The SMILES string of the molecule is O=C(CC/C=C\C[C@@H]1CO[C@H](c2ccc3ccccc3c2)O[C@@H]1c1ccccc1O)Oc1ccccc1. The molecule has 1 heterocycles. The van der Waals surface area contributed by atoms with Crippen molar-refractivity contribution in [3.8, 4) is 11.5 Å². The molecule has 1 N–H and O–H groups in total. The molecule has 0 aliphatic carbocycles. The van der Waals surface area contributed by atoms with Crippen LogP contribution in [0.4, 0.5) is 0 Å². The zero-order valence-corrected chi connectivity index (χ0v) is 20.5. The van der Waals surface area contributed by atoms with Crippen molar-refractivity contribution in [2.24, 2.45) is 5.92 Å². The van der Waals surface area contributed by atoms with Gasteiger partial charge in [-0.05, 0) is 47.9 Å². The predicted molar refractivity (Wildman–Crippen MR) is 143 cm³/mol. The fourth-order valence-electron chi connectivity index (χ4n) is 4.62. The second-order valence-electron chi connectivity index (χ2n) is 9.18. The molecule has 4 aromatic rings. The van der Waals surface area contributed by atoms with Crippen LogP contribution in [0.5, 0.6) is 11.5 Å². The number of hydrogen-bond acceptors (Lipinski definition) is 5. The number of phenolic OH excluding ortho intramolecular Hbond substituents is 1. The van der Waals surface area contributed by atoms with Gasteiger partial charge in [0.05, 0.1) is 12.7 Å². The zero-order valence-electron chi connectivity index (χ0n) is 20.5. The summed E-state index contributed by atoms with van der Waals surface area (Å²) >= 11 is 0. The molecule has 0 spiro atoms. The summed E-state index contributed by atoms with van der Waals surface area (Å²) in [5.74, 6) is 0.520. The number of ether oxygens (including phenoxy) is 3. The van der Waals surface area contributed by atoms with E-state index in [1.165, 1.54) is 0 Å². The van der Waals surface area contributed by atoms with E-state index in [2.05, 4.69) is 30.3 Å². The molecule has 1 saturated heterocycles. The summed E-state index contributed by atoms with van der Waals surface area (Å²) in [7, 11) is 0. The summed E-state index contributed by atoms with van der Waals surface area (Å²) in [6, 6.07) is 30.8. The lowest BCUT2D eigenvalue weighted by Gasteiger charge is -2.37. The largest absolute Gasteiger partial charge is 0.508 e. The number of para-hydroxylation sites is 2. The molecule has 0 amide bonds. The van der Waals surface area contributed by atoms with Crippen LogP contribution in [-0.4, -0.2) is 17.7 Å². The molecule has 5 rings (SSSR count). The summed E-state index contributed by atoms with van der Waals surface area (Å²) in [6.45, 7) is 0.483. The number of carbonyl (C=O) groups excluding carboxylic acids is 1. The van der Waals surface area contributed by atoms with Gasteiger partial charge in [-0.3, -0.25) is 4.79 Å². The molecule has 188 valence electrons. The van der Waals surface area contributed by atoms with Crippen LogP contribution in [0.1, 0.15) is 42.8 Å². The number of rotatable bonds is 8. The number of esters is 1. The van der Waals surface area contributed by atoms with Gasteiger partial charge in [-0.15, -0.1) is 0 Å². The molecule has 4 aromatic carbocycles. The van der Waals surface area contributed by atoms with Crippen LogP contribution >= 0.6 is 0 Å². The standard InChI is InChI=1S/C32H30O5/c33-29-17-10-9-16-28(29)31-26(13-3-1-6-18-30(34)36-27-14-4-2-5-15-27)22-35-32(37-31)25-20-19-23-11-7-8-12-24(23)21-25/h1-5,7-12,14-17,19-21,26,31-33H,6,13,18,22H2/b3-1-/t26-,31+,32+/m1/s1. The second kappa shape index (κ2) is 11.9. The zero-order chi connectivity index (χ0) is 25.5. The second-order valence-corrected chi connectivity index (χ2v) is 9.18. The third-order valence-corrected chi connectivity index (χ3v) is 6.54. The van der Waals surface area contributed by atoms with E-state index in [1.807, 2.05) is 60.7 Å². The van der Waals surface area contributed by atoms with E-state index in [-0.39, 0.29) is 23.7 Å². The van der Waals surface area contributed by atoms with E-state index < -0.39 is 6.29 Å². The van der Waals surface area contributed by atoms with Crippen molar-refractivity contribution in [2.75, 3.05) is 6.61 Å². The van der Waals surface area contributed by atoms with Gasteiger partial charge in [-0.2, -0.15) is 0 Å². The van der Waals surface area contributed by atoms with Crippen LogP contribution in [0.15, 0.2) is 109 Å². The first kappa shape index (κ1) is 24.8. The van der Waals surface area contributed by atoms with Crippen molar-refractivity contribution < 1.29 is 24.1 Å². The minimum Gasteiger partial charge on any atom is -0.508 e. The third-order valence-electron chi connectivity index (χ3n) is 6.54. The molecular weight excluding hydrogens is 464 g/mol. The summed E-state index contributed by atoms with van der Waals surface area (Å²) in [5, 5.41) is 12.9. The lowest BCUT2D eigenvalue weighted by atomic mass is 9.91. The van der Waals surface area contributed by atoms with Gasteiger partial charge < -0.3 is 19.3 Å². The number of fused-ring (bicyclic) bond motifs is 1. The Morgan fingerprint density at radius 3 is 2.49 bits per heavy atom. The van der Waals surface area contributed by atoms with E-state index in [0.29, 0.717) is 31.6 Å². The van der Waals surface area contributed by atoms with E-state index >= 15 is 0 Å². The molecule has 5 heteroatoms. The first-order chi connectivity index (χ1) is 18.2. The fraction of sp³-hybridized carbons (Fsp3) is 0.219. The Kier molecular flexibility index (Phi) is 7.94. The molecule has 3 atom stereocenters. The highest BCUT2D eigenvalue weighted by Crippen LogP contribution is 2.42. The Balaban J connectivity index is 1.23. The topological polar surface area (TPSA) is 65.0 Å². The molecule has 0 saturated carbocycles.